The Balaban J connectivity index is 2.51. The minimum absolute atomic E-state index is 0.0777. The van der Waals surface area contributed by atoms with Crippen molar-refractivity contribution in [3.8, 4) is 11.3 Å². The molecule has 2 aromatic rings. The molecule has 6 nitrogen and oxygen atoms in total. The molecule has 5 N–H and O–H groups in total. The second kappa shape index (κ2) is 4.91. The van der Waals surface area contributed by atoms with E-state index in [1.165, 1.54) is 30.3 Å². The van der Waals surface area contributed by atoms with Crippen LogP contribution in [0.5, 0.6) is 0 Å². The minimum Gasteiger partial charge on any atom is -0.365 e. The molecule has 0 unspecified atom stereocenters. The lowest BCUT2D eigenvalue weighted by atomic mass is 10.1. The third-order valence-electron chi connectivity index (χ3n) is 2.59. The van der Waals surface area contributed by atoms with Crippen LogP contribution in [0.3, 0.4) is 0 Å². The van der Waals surface area contributed by atoms with Gasteiger partial charge in [-0.15, -0.1) is 0 Å². The summed E-state index contributed by atoms with van der Waals surface area (Å²) in [6.07, 6.45) is 0.340. The molecular formula is C12H11FN4O2. The van der Waals surface area contributed by atoms with E-state index in [9.17, 15) is 14.0 Å². The van der Waals surface area contributed by atoms with Crippen LogP contribution in [0.25, 0.3) is 11.3 Å². The standard InChI is InChI=1S/C12H11FN4O2/c13-8-3-1-7(2-4-8)10-5-9(11(14)19)12(16-10)17(15)6-18/h1-6,16H,15H2,(H2,14,19). The summed E-state index contributed by atoms with van der Waals surface area (Å²) < 4.78 is 12.8. The number of benzene rings is 1. The Labute approximate surface area is 107 Å². The number of hydrazine groups is 1. The number of anilines is 1. The number of hydrogen-bond acceptors (Lipinski definition) is 3. The maximum absolute atomic E-state index is 12.8. The largest absolute Gasteiger partial charge is 0.365 e. The molecule has 19 heavy (non-hydrogen) atoms. The topological polar surface area (TPSA) is 105 Å². The lowest BCUT2D eigenvalue weighted by Crippen LogP contribution is -2.31. The fourth-order valence-electron chi connectivity index (χ4n) is 1.67. The molecule has 1 heterocycles. The van der Waals surface area contributed by atoms with Crippen LogP contribution in [-0.2, 0) is 4.79 Å². The third-order valence-corrected chi connectivity index (χ3v) is 2.59. The van der Waals surface area contributed by atoms with Gasteiger partial charge in [0.25, 0.3) is 5.91 Å². The summed E-state index contributed by atoms with van der Waals surface area (Å²) >= 11 is 0. The van der Waals surface area contributed by atoms with Gasteiger partial charge in [-0.25, -0.2) is 15.2 Å². The van der Waals surface area contributed by atoms with Gasteiger partial charge in [0.2, 0.25) is 6.41 Å². The van der Waals surface area contributed by atoms with Gasteiger partial charge >= 0.3 is 0 Å². The SMILES string of the molecule is NC(=O)c1cc(-c2ccc(F)cc2)[nH]c1N(N)C=O. The lowest BCUT2D eigenvalue weighted by molar-refractivity contribution is -0.107. The number of aromatic amines is 1. The normalized spacial score (nSPS) is 10.2. The molecule has 0 radical (unpaired) electrons. The average Bonchev–Trinajstić information content (AvgIpc) is 2.84. The Kier molecular flexibility index (Phi) is 3.30. The van der Waals surface area contributed by atoms with Crippen molar-refractivity contribution < 1.29 is 14.0 Å². The molecule has 7 heteroatoms. The monoisotopic (exact) mass is 262 g/mol. The zero-order valence-electron chi connectivity index (χ0n) is 9.76. The van der Waals surface area contributed by atoms with Crippen LogP contribution in [-0.4, -0.2) is 17.3 Å². The molecule has 0 aliphatic heterocycles. The van der Waals surface area contributed by atoms with E-state index < -0.39 is 5.91 Å². The summed E-state index contributed by atoms with van der Waals surface area (Å²) in [4.78, 5) is 24.7. The molecule has 0 aliphatic carbocycles. The van der Waals surface area contributed by atoms with Crippen LogP contribution >= 0.6 is 0 Å². The van der Waals surface area contributed by atoms with E-state index in [4.69, 9.17) is 11.6 Å². The summed E-state index contributed by atoms with van der Waals surface area (Å²) in [6.45, 7) is 0. The first-order valence-electron chi connectivity index (χ1n) is 5.31. The van der Waals surface area contributed by atoms with E-state index in [1.54, 1.807) is 0 Å². The van der Waals surface area contributed by atoms with Gasteiger partial charge in [0, 0.05) is 5.69 Å². The fraction of sp³-hybridized carbons (Fsp3) is 0. The van der Waals surface area contributed by atoms with Crippen LogP contribution in [0.1, 0.15) is 10.4 Å². The Morgan fingerprint density at radius 1 is 1.32 bits per heavy atom. The summed E-state index contributed by atoms with van der Waals surface area (Å²) in [5.74, 6) is 4.40. The lowest BCUT2D eigenvalue weighted by Gasteiger charge is -2.08. The second-order valence-electron chi connectivity index (χ2n) is 3.83. The highest BCUT2D eigenvalue weighted by atomic mass is 19.1. The van der Waals surface area contributed by atoms with Gasteiger partial charge in [-0.3, -0.25) is 9.59 Å². The van der Waals surface area contributed by atoms with Crippen LogP contribution in [0, 0.1) is 5.82 Å². The van der Waals surface area contributed by atoms with Crippen molar-refractivity contribution in [1.29, 1.82) is 0 Å². The number of H-pyrrole nitrogens is 1. The molecule has 1 aromatic heterocycles. The number of nitrogens with one attached hydrogen (secondary N) is 1. The number of carbonyl (C=O) groups excluding carboxylic acids is 2. The number of nitrogens with zero attached hydrogens (tertiary/aromatic N) is 1. The van der Waals surface area contributed by atoms with Gasteiger partial charge in [0.15, 0.2) is 0 Å². The zero-order valence-corrected chi connectivity index (χ0v) is 9.76. The number of aromatic nitrogens is 1. The van der Waals surface area contributed by atoms with Crippen molar-refractivity contribution >= 4 is 18.1 Å². The summed E-state index contributed by atoms with van der Waals surface area (Å²) in [5, 5.41) is 0.715. The van der Waals surface area contributed by atoms with E-state index >= 15 is 0 Å². The Morgan fingerprint density at radius 2 is 1.95 bits per heavy atom. The van der Waals surface area contributed by atoms with Crippen LogP contribution < -0.4 is 16.6 Å². The minimum atomic E-state index is -0.725. The number of primary amides is 1. The van der Waals surface area contributed by atoms with Gasteiger partial charge in [0.1, 0.15) is 11.6 Å². The van der Waals surface area contributed by atoms with Crippen LogP contribution in [0.4, 0.5) is 10.2 Å². The average molecular weight is 262 g/mol. The first-order chi connectivity index (χ1) is 9.02. The first kappa shape index (κ1) is 12.8. The number of hydrogen-bond donors (Lipinski definition) is 3. The Morgan fingerprint density at radius 3 is 2.47 bits per heavy atom. The van der Waals surface area contributed by atoms with E-state index in [-0.39, 0.29) is 17.2 Å². The molecule has 0 fully saturated rings. The van der Waals surface area contributed by atoms with Crippen molar-refractivity contribution in [2.75, 3.05) is 5.01 Å². The fourth-order valence-corrected chi connectivity index (χ4v) is 1.67. The quantitative estimate of drug-likeness (QED) is 0.328. The molecule has 2 rings (SSSR count). The van der Waals surface area contributed by atoms with Crippen LogP contribution in [0.15, 0.2) is 30.3 Å². The van der Waals surface area contributed by atoms with Gasteiger partial charge < -0.3 is 10.7 Å². The maximum Gasteiger partial charge on any atom is 0.252 e. The molecule has 2 amide bonds. The van der Waals surface area contributed by atoms with Crippen molar-refractivity contribution in [2.45, 2.75) is 0 Å². The highest BCUT2D eigenvalue weighted by Crippen LogP contribution is 2.26. The van der Waals surface area contributed by atoms with Crippen LogP contribution in [0.2, 0.25) is 0 Å². The van der Waals surface area contributed by atoms with Crippen molar-refractivity contribution in [2.24, 2.45) is 11.6 Å². The predicted molar refractivity (Wildman–Crippen MR) is 67.4 cm³/mol. The molecule has 0 aliphatic rings. The number of halogens is 1. The molecule has 0 bridgehead atoms. The highest BCUT2D eigenvalue weighted by Gasteiger charge is 2.17. The molecule has 0 saturated carbocycles. The maximum atomic E-state index is 12.8. The summed E-state index contributed by atoms with van der Waals surface area (Å²) in [7, 11) is 0. The molecular weight excluding hydrogens is 251 g/mol. The van der Waals surface area contributed by atoms with E-state index in [1.807, 2.05) is 0 Å². The molecule has 1 aromatic carbocycles. The van der Waals surface area contributed by atoms with Gasteiger partial charge in [-0.2, -0.15) is 0 Å². The smallest absolute Gasteiger partial charge is 0.252 e. The molecule has 0 atom stereocenters. The van der Waals surface area contributed by atoms with Crippen molar-refractivity contribution in [3.05, 3.63) is 41.7 Å². The van der Waals surface area contributed by atoms with Gasteiger partial charge in [-0.1, -0.05) is 0 Å². The van der Waals surface area contributed by atoms with Gasteiger partial charge in [-0.05, 0) is 35.9 Å². The van der Waals surface area contributed by atoms with Crippen molar-refractivity contribution in [3.63, 3.8) is 0 Å². The predicted octanol–water partition coefficient (Wildman–Crippen LogP) is 0.756. The number of carbonyl (C=O) groups is 2. The molecule has 0 spiro atoms. The zero-order chi connectivity index (χ0) is 14.0. The number of nitrogens with two attached hydrogens (primary N) is 2. The second-order valence-corrected chi connectivity index (χ2v) is 3.83. The number of amides is 2. The van der Waals surface area contributed by atoms with E-state index in [0.29, 0.717) is 22.7 Å². The first-order valence-corrected chi connectivity index (χ1v) is 5.31. The Bertz CT molecular complexity index is 621. The van der Waals surface area contributed by atoms with E-state index in [0.717, 1.165) is 0 Å². The number of rotatable bonds is 4. The summed E-state index contributed by atoms with van der Waals surface area (Å²) in [5.41, 5.74) is 6.42. The highest BCUT2D eigenvalue weighted by molar-refractivity contribution is 6.01. The summed E-state index contributed by atoms with van der Waals surface area (Å²) in [6, 6.07) is 7.06. The molecule has 98 valence electrons. The Hall–Kier alpha value is -2.67. The van der Waals surface area contributed by atoms with E-state index in [2.05, 4.69) is 4.98 Å². The molecule has 0 saturated heterocycles. The third kappa shape index (κ3) is 2.45. The van der Waals surface area contributed by atoms with Crippen molar-refractivity contribution in [1.82, 2.24) is 4.98 Å². The van der Waals surface area contributed by atoms with Gasteiger partial charge in [0.05, 0.1) is 5.56 Å².